The Labute approximate surface area is 149 Å². The van der Waals surface area contributed by atoms with Gasteiger partial charge >= 0.3 is 0 Å². The first-order valence-corrected chi connectivity index (χ1v) is 8.64. The van der Waals surface area contributed by atoms with Crippen molar-refractivity contribution in [2.75, 3.05) is 6.54 Å². The molecule has 1 atom stereocenters. The standard InChI is InChI=1S/C21H25N3O/c1-5-17-12-21(11-16(17)4)9-10-24(20(21)25)19(6-2)8-7-15(3)18-13-22-23-14-18/h5-8,13-14H,1-2,9-12H2,3-4H3,(H,22,23)/b15-7+,19-8+. The van der Waals surface area contributed by atoms with Crippen molar-refractivity contribution in [3.05, 3.63) is 72.3 Å². The van der Waals surface area contributed by atoms with Crippen molar-refractivity contribution < 1.29 is 4.79 Å². The highest BCUT2D eigenvalue weighted by Gasteiger charge is 2.50. The number of carbonyl (C=O) groups excluding carboxylic acids is 1. The molecule has 1 fully saturated rings. The van der Waals surface area contributed by atoms with Crippen molar-refractivity contribution in [2.24, 2.45) is 5.41 Å². The van der Waals surface area contributed by atoms with Gasteiger partial charge in [-0.15, -0.1) is 0 Å². The number of H-pyrrole nitrogens is 1. The predicted octanol–water partition coefficient (Wildman–Crippen LogP) is 4.40. The fourth-order valence-electron chi connectivity index (χ4n) is 3.88. The Balaban J connectivity index is 1.81. The zero-order chi connectivity index (χ0) is 18.0. The van der Waals surface area contributed by atoms with E-state index < -0.39 is 0 Å². The second-order valence-electron chi connectivity index (χ2n) is 6.98. The summed E-state index contributed by atoms with van der Waals surface area (Å²) < 4.78 is 0. The molecule has 1 amide bonds. The van der Waals surface area contributed by atoms with Gasteiger partial charge < -0.3 is 4.90 Å². The summed E-state index contributed by atoms with van der Waals surface area (Å²) in [6.45, 7) is 12.7. The largest absolute Gasteiger partial charge is 0.312 e. The molecule has 4 heteroatoms. The maximum atomic E-state index is 13.2. The topological polar surface area (TPSA) is 49.0 Å². The summed E-state index contributed by atoms with van der Waals surface area (Å²) in [6.07, 6.45) is 13.8. The maximum Gasteiger partial charge on any atom is 0.233 e. The Hall–Kier alpha value is -2.62. The number of allylic oxidation sites excluding steroid dienone is 7. The summed E-state index contributed by atoms with van der Waals surface area (Å²) in [4.78, 5) is 15.0. The molecule has 2 heterocycles. The summed E-state index contributed by atoms with van der Waals surface area (Å²) in [5.74, 6) is 0.212. The van der Waals surface area contributed by atoms with E-state index in [0.717, 1.165) is 42.6 Å². The number of amides is 1. The fraction of sp³-hybridized carbons (Fsp3) is 0.333. The van der Waals surface area contributed by atoms with Crippen molar-refractivity contribution in [3.8, 4) is 0 Å². The maximum absolute atomic E-state index is 13.2. The molecular weight excluding hydrogens is 310 g/mol. The minimum absolute atomic E-state index is 0.212. The molecule has 1 saturated heterocycles. The Morgan fingerprint density at radius 2 is 2.16 bits per heavy atom. The number of aromatic nitrogens is 2. The Kier molecular flexibility index (Phi) is 4.62. The van der Waals surface area contributed by atoms with Crippen LogP contribution in [0.2, 0.25) is 0 Å². The molecule has 1 N–H and O–H groups in total. The van der Waals surface area contributed by atoms with Gasteiger partial charge in [0, 0.05) is 24.0 Å². The van der Waals surface area contributed by atoms with Crippen LogP contribution in [0, 0.1) is 5.41 Å². The molecular formula is C21H25N3O. The quantitative estimate of drug-likeness (QED) is 0.811. The predicted molar refractivity (Wildman–Crippen MR) is 101 cm³/mol. The van der Waals surface area contributed by atoms with Gasteiger partial charge in [0.15, 0.2) is 0 Å². The first-order chi connectivity index (χ1) is 12.0. The van der Waals surface area contributed by atoms with Gasteiger partial charge in [-0.25, -0.2) is 0 Å². The highest BCUT2D eigenvalue weighted by Crippen LogP contribution is 2.50. The van der Waals surface area contributed by atoms with Crippen LogP contribution in [0.15, 0.2) is 66.7 Å². The molecule has 1 aliphatic heterocycles. The van der Waals surface area contributed by atoms with E-state index in [9.17, 15) is 4.79 Å². The molecule has 0 saturated carbocycles. The summed E-state index contributed by atoms with van der Waals surface area (Å²) in [5.41, 5.74) is 5.23. The van der Waals surface area contributed by atoms with Crippen molar-refractivity contribution in [3.63, 3.8) is 0 Å². The monoisotopic (exact) mass is 335 g/mol. The van der Waals surface area contributed by atoms with Gasteiger partial charge in [-0.3, -0.25) is 9.89 Å². The molecule has 1 aliphatic carbocycles. The highest BCUT2D eigenvalue weighted by atomic mass is 16.2. The molecule has 0 radical (unpaired) electrons. The molecule has 25 heavy (non-hydrogen) atoms. The highest BCUT2D eigenvalue weighted by molar-refractivity contribution is 5.88. The molecule has 1 spiro atoms. The van der Waals surface area contributed by atoms with Crippen LogP contribution >= 0.6 is 0 Å². The number of nitrogens with one attached hydrogen (secondary N) is 1. The number of hydrogen-bond donors (Lipinski definition) is 1. The molecule has 3 rings (SSSR count). The van der Waals surface area contributed by atoms with E-state index in [1.807, 2.05) is 36.2 Å². The number of carbonyl (C=O) groups is 1. The van der Waals surface area contributed by atoms with Gasteiger partial charge in [0.1, 0.15) is 0 Å². The van der Waals surface area contributed by atoms with Crippen molar-refractivity contribution in [2.45, 2.75) is 33.1 Å². The molecule has 1 aromatic rings. The zero-order valence-corrected chi connectivity index (χ0v) is 15.0. The molecule has 130 valence electrons. The number of aromatic amines is 1. The van der Waals surface area contributed by atoms with Gasteiger partial charge in [-0.2, -0.15) is 5.10 Å². The van der Waals surface area contributed by atoms with Crippen molar-refractivity contribution in [1.82, 2.24) is 15.1 Å². The third kappa shape index (κ3) is 3.04. The molecule has 2 aliphatic rings. The molecule has 1 unspecified atom stereocenters. The minimum atomic E-state index is -0.279. The van der Waals surface area contributed by atoms with E-state index in [2.05, 4.69) is 30.3 Å². The second-order valence-corrected chi connectivity index (χ2v) is 6.98. The van der Waals surface area contributed by atoms with Crippen LogP contribution in [0.3, 0.4) is 0 Å². The van der Waals surface area contributed by atoms with Crippen LogP contribution in [0.5, 0.6) is 0 Å². The molecule has 1 aromatic heterocycles. The molecule has 4 nitrogen and oxygen atoms in total. The van der Waals surface area contributed by atoms with Gasteiger partial charge in [0.05, 0.1) is 11.6 Å². The minimum Gasteiger partial charge on any atom is -0.312 e. The SMILES string of the molecule is C=CC1=C(C)CC2(CCN(/C(C=C)=C/C=C(\C)c3cn[nH]c3)C2=O)C1. The van der Waals surface area contributed by atoms with Crippen molar-refractivity contribution >= 4 is 11.5 Å². The van der Waals surface area contributed by atoms with Crippen LogP contribution in [0.25, 0.3) is 5.57 Å². The van der Waals surface area contributed by atoms with E-state index in [0.29, 0.717) is 0 Å². The smallest absolute Gasteiger partial charge is 0.233 e. The van der Waals surface area contributed by atoms with Crippen LogP contribution in [-0.2, 0) is 4.79 Å². The van der Waals surface area contributed by atoms with Crippen LogP contribution in [-0.4, -0.2) is 27.5 Å². The Bertz CT molecular complexity index is 795. The van der Waals surface area contributed by atoms with E-state index in [1.54, 1.807) is 12.3 Å². The Morgan fingerprint density at radius 1 is 1.36 bits per heavy atom. The number of rotatable bonds is 5. The van der Waals surface area contributed by atoms with Gasteiger partial charge in [-0.05, 0) is 56.4 Å². The lowest BCUT2D eigenvalue weighted by molar-refractivity contribution is -0.133. The normalized spacial score (nSPS) is 24.6. The van der Waals surface area contributed by atoms with Crippen molar-refractivity contribution in [1.29, 1.82) is 0 Å². The van der Waals surface area contributed by atoms with Crippen LogP contribution in [0.1, 0.15) is 38.7 Å². The first-order valence-electron chi connectivity index (χ1n) is 8.64. The fourth-order valence-corrected chi connectivity index (χ4v) is 3.88. The van der Waals surface area contributed by atoms with E-state index in [1.165, 1.54) is 11.1 Å². The first kappa shape index (κ1) is 17.2. The zero-order valence-electron chi connectivity index (χ0n) is 15.0. The Morgan fingerprint density at radius 3 is 2.76 bits per heavy atom. The van der Waals surface area contributed by atoms with E-state index >= 15 is 0 Å². The third-order valence-electron chi connectivity index (χ3n) is 5.42. The lowest BCUT2D eigenvalue weighted by Crippen LogP contribution is -2.32. The van der Waals surface area contributed by atoms with Gasteiger partial charge in [-0.1, -0.05) is 30.9 Å². The summed E-state index contributed by atoms with van der Waals surface area (Å²) in [5, 5.41) is 6.78. The molecule has 0 aromatic carbocycles. The number of hydrogen-bond acceptors (Lipinski definition) is 2. The average Bonchev–Trinajstić information content (AvgIpc) is 3.31. The van der Waals surface area contributed by atoms with Crippen LogP contribution in [0.4, 0.5) is 0 Å². The summed E-state index contributed by atoms with van der Waals surface area (Å²) in [6, 6.07) is 0. The van der Waals surface area contributed by atoms with Gasteiger partial charge in [0.25, 0.3) is 0 Å². The average molecular weight is 335 g/mol. The van der Waals surface area contributed by atoms with E-state index in [-0.39, 0.29) is 11.3 Å². The van der Waals surface area contributed by atoms with Crippen LogP contribution < -0.4 is 0 Å². The number of likely N-dealkylation sites (tertiary alicyclic amines) is 1. The summed E-state index contributed by atoms with van der Waals surface area (Å²) >= 11 is 0. The lowest BCUT2D eigenvalue weighted by Gasteiger charge is -2.24. The molecule has 0 bridgehead atoms. The van der Waals surface area contributed by atoms with E-state index in [4.69, 9.17) is 0 Å². The summed E-state index contributed by atoms with van der Waals surface area (Å²) in [7, 11) is 0. The third-order valence-corrected chi connectivity index (χ3v) is 5.42. The van der Waals surface area contributed by atoms with Gasteiger partial charge in [0.2, 0.25) is 5.91 Å². The number of nitrogens with zero attached hydrogens (tertiary/aromatic N) is 2. The lowest BCUT2D eigenvalue weighted by atomic mass is 9.82. The second kappa shape index (κ2) is 6.71.